The van der Waals surface area contributed by atoms with Gasteiger partial charge in [-0.2, -0.15) is 0 Å². The van der Waals surface area contributed by atoms with Crippen LogP contribution in [-0.2, 0) is 28.7 Å². The highest BCUT2D eigenvalue weighted by molar-refractivity contribution is 5.85. The van der Waals surface area contributed by atoms with Crippen LogP contribution in [0, 0.1) is 0 Å². The highest BCUT2D eigenvalue weighted by Gasteiger charge is 2.24. The van der Waals surface area contributed by atoms with E-state index in [1.807, 2.05) is 0 Å². The molecule has 0 aromatic heterocycles. The van der Waals surface area contributed by atoms with E-state index in [0.29, 0.717) is 32.6 Å². The Morgan fingerprint density at radius 3 is 1.45 bits per heavy atom. The van der Waals surface area contributed by atoms with E-state index in [1.165, 1.54) is 116 Å². The van der Waals surface area contributed by atoms with Gasteiger partial charge >= 0.3 is 11.9 Å². The lowest BCUT2D eigenvalue weighted by Gasteiger charge is -2.18. The molecule has 10 nitrogen and oxygen atoms in total. The summed E-state index contributed by atoms with van der Waals surface area (Å²) in [5, 5.41) is 5.63. The maximum Gasteiger partial charge on any atom is 0.328 e. The van der Waals surface area contributed by atoms with Gasteiger partial charge in [0.05, 0.1) is 19.8 Å². The molecule has 2 amide bonds. The second-order valence-corrected chi connectivity index (χ2v) is 15.3. The minimum absolute atomic E-state index is 0.0337. The number of carbonyl (C=O) groups excluding carboxylic acids is 4. The number of unbranched alkanes of at least 4 members (excludes halogenated alkanes) is 23. The third kappa shape index (κ3) is 35.3. The SMILES string of the molecule is CCCCCCCCCCCCCCOC(=O)CCC(NC(=O)CCCNC(=O)C([NH3+])CCCC[NH3+])C(=O)OCCCCCCCCCCCCCC. The summed E-state index contributed by atoms with van der Waals surface area (Å²) >= 11 is 0. The first-order chi connectivity index (χ1) is 25.8. The van der Waals surface area contributed by atoms with E-state index < -0.39 is 12.0 Å². The lowest BCUT2D eigenvalue weighted by Crippen LogP contribution is -2.67. The van der Waals surface area contributed by atoms with Crippen LogP contribution >= 0.6 is 0 Å². The molecule has 0 aliphatic carbocycles. The lowest BCUT2D eigenvalue weighted by atomic mass is 10.1. The molecule has 0 bridgehead atoms. The van der Waals surface area contributed by atoms with Crippen LogP contribution in [0.15, 0.2) is 0 Å². The summed E-state index contributed by atoms with van der Waals surface area (Å²) < 4.78 is 11.0. The third-order valence-electron chi connectivity index (χ3n) is 10.1. The lowest BCUT2D eigenvalue weighted by molar-refractivity contribution is -0.406. The van der Waals surface area contributed by atoms with Crippen molar-refractivity contribution in [1.29, 1.82) is 0 Å². The average Bonchev–Trinajstić information content (AvgIpc) is 3.15. The molecule has 10 heteroatoms. The predicted molar refractivity (Wildman–Crippen MR) is 216 cm³/mol. The zero-order valence-corrected chi connectivity index (χ0v) is 34.8. The molecule has 0 saturated carbocycles. The van der Waals surface area contributed by atoms with Crippen LogP contribution in [-0.4, -0.2) is 62.1 Å². The minimum Gasteiger partial charge on any atom is -0.466 e. The van der Waals surface area contributed by atoms with Crippen LogP contribution in [0.3, 0.4) is 0 Å². The monoisotopic (exact) mass is 755 g/mol. The van der Waals surface area contributed by atoms with Gasteiger partial charge < -0.3 is 31.6 Å². The van der Waals surface area contributed by atoms with Crippen molar-refractivity contribution in [3.63, 3.8) is 0 Å². The normalized spacial score (nSPS) is 12.3. The fourth-order valence-electron chi connectivity index (χ4n) is 6.50. The van der Waals surface area contributed by atoms with Crippen molar-refractivity contribution >= 4 is 23.8 Å². The zero-order chi connectivity index (χ0) is 39.0. The third-order valence-corrected chi connectivity index (χ3v) is 10.1. The zero-order valence-electron chi connectivity index (χ0n) is 34.8. The molecular weight excluding hydrogens is 668 g/mol. The number of ether oxygens (including phenoxy) is 2. The van der Waals surface area contributed by atoms with E-state index in [1.54, 1.807) is 0 Å². The molecule has 0 heterocycles. The summed E-state index contributed by atoms with van der Waals surface area (Å²) in [6.45, 7) is 6.39. The first-order valence-electron chi connectivity index (χ1n) is 22.4. The average molecular weight is 755 g/mol. The maximum absolute atomic E-state index is 13.0. The molecule has 0 aliphatic heterocycles. The van der Waals surface area contributed by atoms with Gasteiger partial charge in [0.1, 0.15) is 6.04 Å². The Kier molecular flexibility index (Phi) is 37.9. The highest BCUT2D eigenvalue weighted by atomic mass is 16.5. The molecule has 0 aromatic rings. The Labute approximate surface area is 325 Å². The molecule has 0 rings (SSSR count). The highest BCUT2D eigenvalue weighted by Crippen LogP contribution is 2.14. The van der Waals surface area contributed by atoms with Crippen LogP contribution in [0.2, 0.25) is 0 Å². The van der Waals surface area contributed by atoms with Crippen LogP contribution in [0.25, 0.3) is 0 Å². The molecule has 0 aromatic carbocycles. The fraction of sp³-hybridized carbons (Fsp3) is 0.907. The number of rotatable bonds is 40. The van der Waals surface area contributed by atoms with Crippen LogP contribution < -0.4 is 22.1 Å². The number of amides is 2. The number of hydrogen-bond donors (Lipinski definition) is 4. The van der Waals surface area contributed by atoms with E-state index in [9.17, 15) is 19.2 Å². The maximum atomic E-state index is 13.0. The van der Waals surface area contributed by atoms with Crippen molar-refractivity contribution in [2.75, 3.05) is 26.3 Å². The Morgan fingerprint density at radius 2 is 0.981 bits per heavy atom. The van der Waals surface area contributed by atoms with Gasteiger partial charge in [-0.1, -0.05) is 155 Å². The van der Waals surface area contributed by atoms with Gasteiger partial charge in [-0.25, -0.2) is 4.79 Å². The van der Waals surface area contributed by atoms with Crippen LogP contribution in [0.1, 0.15) is 213 Å². The van der Waals surface area contributed by atoms with Crippen molar-refractivity contribution in [3.8, 4) is 0 Å². The van der Waals surface area contributed by atoms with E-state index in [-0.39, 0.29) is 43.1 Å². The number of esters is 2. The van der Waals surface area contributed by atoms with Crippen molar-refractivity contribution in [2.45, 2.75) is 225 Å². The molecule has 0 aliphatic rings. The van der Waals surface area contributed by atoms with E-state index in [4.69, 9.17) is 9.47 Å². The van der Waals surface area contributed by atoms with E-state index in [0.717, 1.165) is 57.9 Å². The Balaban J connectivity index is 4.46. The van der Waals surface area contributed by atoms with Crippen molar-refractivity contribution < 1.29 is 40.1 Å². The molecular formula is C43H86N4O6+2. The largest absolute Gasteiger partial charge is 0.466 e. The van der Waals surface area contributed by atoms with Gasteiger partial charge in [-0.05, 0) is 38.5 Å². The smallest absolute Gasteiger partial charge is 0.328 e. The number of quaternary nitrogens is 2. The summed E-state index contributed by atoms with van der Waals surface area (Å²) in [5.41, 5.74) is 7.76. The summed E-state index contributed by atoms with van der Waals surface area (Å²) in [7, 11) is 0. The van der Waals surface area contributed by atoms with Crippen LogP contribution in [0.5, 0.6) is 0 Å². The molecule has 0 radical (unpaired) electrons. The Hall–Kier alpha value is -2.20. The van der Waals surface area contributed by atoms with Gasteiger partial charge in [0.25, 0.3) is 5.91 Å². The van der Waals surface area contributed by atoms with Crippen molar-refractivity contribution in [1.82, 2.24) is 10.6 Å². The number of nitrogens with one attached hydrogen (secondary N) is 2. The van der Waals surface area contributed by atoms with Crippen molar-refractivity contribution in [3.05, 3.63) is 0 Å². The van der Waals surface area contributed by atoms with Crippen molar-refractivity contribution in [2.24, 2.45) is 0 Å². The molecule has 2 unspecified atom stereocenters. The van der Waals surface area contributed by atoms with E-state index in [2.05, 4.69) is 35.9 Å². The Morgan fingerprint density at radius 1 is 0.528 bits per heavy atom. The first-order valence-corrected chi connectivity index (χ1v) is 22.4. The molecule has 8 N–H and O–H groups in total. The van der Waals surface area contributed by atoms with Gasteiger partial charge in [-0.15, -0.1) is 0 Å². The second-order valence-electron chi connectivity index (χ2n) is 15.3. The van der Waals surface area contributed by atoms with Gasteiger partial charge in [0.2, 0.25) is 5.91 Å². The quantitative estimate of drug-likeness (QED) is 0.0370. The molecule has 2 atom stereocenters. The Bertz CT molecular complexity index is 874. The van der Waals surface area contributed by atoms with Crippen LogP contribution in [0.4, 0.5) is 0 Å². The van der Waals surface area contributed by atoms with Gasteiger partial charge in [-0.3, -0.25) is 14.4 Å². The summed E-state index contributed by atoms with van der Waals surface area (Å²) in [5.74, 6) is -1.29. The predicted octanol–water partition coefficient (Wildman–Crippen LogP) is 7.66. The van der Waals surface area contributed by atoms with Gasteiger partial charge in [0.15, 0.2) is 6.04 Å². The fourth-order valence-corrected chi connectivity index (χ4v) is 6.50. The molecule has 312 valence electrons. The molecule has 53 heavy (non-hydrogen) atoms. The second kappa shape index (κ2) is 39.5. The number of hydrogen-bond acceptors (Lipinski definition) is 6. The molecule has 0 fully saturated rings. The topological polar surface area (TPSA) is 166 Å². The minimum atomic E-state index is -0.911. The van der Waals surface area contributed by atoms with Gasteiger partial charge in [0, 0.05) is 25.8 Å². The summed E-state index contributed by atoms with van der Waals surface area (Å²) in [6.07, 6.45) is 33.0. The standard InChI is InChI=1S/C43H84N4O6/c1-3-5-7-9-11-13-15-17-19-21-23-27-36-52-41(49)33-32-39(47-40(48)31-29-35-46-42(50)38(45)30-25-26-34-44)43(51)53-37-28-24-22-20-18-16-14-12-10-8-6-4-2/h38-39H,3-37,44-45H2,1-2H3,(H,46,50)(H,47,48)/p+2. The summed E-state index contributed by atoms with van der Waals surface area (Å²) in [6, 6.07) is -1.23. The number of carbonyl (C=O) groups is 4. The molecule has 0 saturated heterocycles. The first kappa shape index (κ1) is 50.8. The van der Waals surface area contributed by atoms with E-state index >= 15 is 0 Å². The summed E-state index contributed by atoms with van der Waals surface area (Å²) in [4.78, 5) is 50.6. The molecule has 0 spiro atoms.